The van der Waals surface area contributed by atoms with Crippen LogP contribution < -0.4 is 10.5 Å². The lowest BCUT2D eigenvalue weighted by atomic mass is 10.3. The zero-order valence-electron chi connectivity index (χ0n) is 9.09. The van der Waals surface area contributed by atoms with Gasteiger partial charge in [0.25, 0.3) is 5.56 Å². The predicted octanol–water partition coefficient (Wildman–Crippen LogP) is 2.16. The third-order valence-electron chi connectivity index (χ3n) is 2.24. The summed E-state index contributed by atoms with van der Waals surface area (Å²) in [5.41, 5.74) is -0.130. The van der Waals surface area contributed by atoms with E-state index < -0.39 is 0 Å². The molecule has 0 bridgehead atoms. The van der Waals surface area contributed by atoms with Gasteiger partial charge in [-0.25, -0.2) is 4.98 Å². The maximum atomic E-state index is 11.4. The van der Waals surface area contributed by atoms with Gasteiger partial charge in [0, 0.05) is 13.1 Å². The first kappa shape index (κ1) is 12.2. The summed E-state index contributed by atoms with van der Waals surface area (Å²) >= 11 is 3.27. The smallest absolute Gasteiger partial charge is 0.267 e. The van der Waals surface area contributed by atoms with E-state index in [-0.39, 0.29) is 5.56 Å². The predicted molar refractivity (Wildman–Crippen MR) is 65.4 cm³/mol. The van der Waals surface area contributed by atoms with Crippen molar-refractivity contribution in [2.24, 2.45) is 0 Å². The number of halogens is 1. The lowest BCUT2D eigenvalue weighted by molar-refractivity contribution is 0.720. The maximum Gasteiger partial charge on any atom is 0.267 e. The van der Waals surface area contributed by atoms with Gasteiger partial charge in [-0.2, -0.15) is 0 Å². The minimum Gasteiger partial charge on any atom is -0.356 e. The average molecular weight is 274 g/mol. The van der Waals surface area contributed by atoms with Gasteiger partial charge in [-0.3, -0.25) is 4.79 Å². The Labute approximate surface area is 97.8 Å². The lowest BCUT2D eigenvalue weighted by Gasteiger charge is -2.22. The zero-order valence-corrected chi connectivity index (χ0v) is 10.7. The van der Waals surface area contributed by atoms with Crippen LogP contribution in [0.15, 0.2) is 15.6 Å². The van der Waals surface area contributed by atoms with Crippen molar-refractivity contribution in [3.05, 3.63) is 21.2 Å². The van der Waals surface area contributed by atoms with Crippen molar-refractivity contribution in [2.45, 2.75) is 26.7 Å². The zero-order chi connectivity index (χ0) is 11.3. The molecule has 1 N–H and O–H groups in total. The van der Waals surface area contributed by atoms with Crippen molar-refractivity contribution in [2.75, 3.05) is 18.0 Å². The van der Waals surface area contributed by atoms with Crippen molar-refractivity contribution >= 4 is 21.7 Å². The third-order valence-corrected chi connectivity index (χ3v) is 2.96. The Hall–Kier alpha value is -0.840. The standard InChI is InChI=1S/C10H16BrN3O/c1-3-5-6-14(4-2)9-8(11)10(15)13-7-12-9/h7H,3-6H2,1-2H3,(H,12,13,15). The maximum absolute atomic E-state index is 11.4. The number of nitrogens with zero attached hydrogens (tertiary/aromatic N) is 2. The highest BCUT2D eigenvalue weighted by Gasteiger charge is 2.11. The molecule has 0 atom stereocenters. The van der Waals surface area contributed by atoms with Gasteiger partial charge in [0.2, 0.25) is 0 Å². The van der Waals surface area contributed by atoms with Gasteiger partial charge >= 0.3 is 0 Å². The minimum atomic E-state index is -0.130. The van der Waals surface area contributed by atoms with E-state index in [1.165, 1.54) is 6.33 Å². The molecule has 0 saturated heterocycles. The van der Waals surface area contributed by atoms with Gasteiger partial charge in [-0.15, -0.1) is 0 Å². The summed E-state index contributed by atoms with van der Waals surface area (Å²) in [5.74, 6) is 0.731. The quantitative estimate of drug-likeness (QED) is 0.895. The number of aromatic amines is 1. The molecule has 1 rings (SSSR count). The molecule has 0 amide bonds. The Balaban J connectivity index is 2.91. The van der Waals surface area contributed by atoms with Crippen LogP contribution in [-0.2, 0) is 0 Å². The lowest BCUT2D eigenvalue weighted by Crippen LogP contribution is -2.27. The highest BCUT2D eigenvalue weighted by molar-refractivity contribution is 9.10. The van der Waals surface area contributed by atoms with Crippen molar-refractivity contribution < 1.29 is 0 Å². The van der Waals surface area contributed by atoms with Crippen LogP contribution in [0, 0.1) is 0 Å². The minimum absolute atomic E-state index is 0.130. The molecule has 1 heterocycles. The van der Waals surface area contributed by atoms with Gasteiger partial charge in [-0.05, 0) is 29.3 Å². The molecule has 1 aromatic rings. The van der Waals surface area contributed by atoms with E-state index in [2.05, 4.69) is 44.6 Å². The number of rotatable bonds is 5. The summed E-state index contributed by atoms with van der Waals surface area (Å²) < 4.78 is 0.517. The van der Waals surface area contributed by atoms with Crippen LogP contribution in [0.5, 0.6) is 0 Å². The Morgan fingerprint density at radius 2 is 2.27 bits per heavy atom. The Bertz CT molecular complexity index is 364. The van der Waals surface area contributed by atoms with E-state index in [1.807, 2.05) is 0 Å². The van der Waals surface area contributed by atoms with Crippen molar-refractivity contribution in [1.29, 1.82) is 0 Å². The molecule has 4 nitrogen and oxygen atoms in total. The molecule has 84 valence electrons. The number of H-pyrrole nitrogens is 1. The van der Waals surface area contributed by atoms with E-state index in [0.717, 1.165) is 31.7 Å². The Morgan fingerprint density at radius 1 is 1.53 bits per heavy atom. The Kier molecular flexibility index (Phi) is 4.81. The second-order valence-electron chi connectivity index (χ2n) is 3.30. The van der Waals surface area contributed by atoms with Crippen LogP contribution in [0.1, 0.15) is 26.7 Å². The molecule has 0 radical (unpaired) electrons. The van der Waals surface area contributed by atoms with Crippen LogP contribution in [0.25, 0.3) is 0 Å². The van der Waals surface area contributed by atoms with Gasteiger partial charge in [0.1, 0.15) is 10.3 Å². The second kappa shape index (κ2) is 5.90. The first-order valence-corrected chi connectivity index (χ1v) is 5.98. The number of hydrogen-bond donors (Lipinski definition) is 1. The summed E-state index contributed by atoms with van der Waals surface area (Å²) in [7, 11) is 0. The number of nitrogens with one attached hydrogen (secondary N) is 1. The highest BCUT2D eigenvalue weighted by Crippen LogP contribution is 2.18. The summed E-state index contributed by atoms with van der Waals surface area (Å²) in [5, 5.41) is 0. The molecule has 0 aliphatic carbocycles. The number of unbranched alkanes of at least 4 members (excludes halogenated alkanes) is 1. The molecular formula is C10H16BrN3O. The SMILES string of the molecule is CCCCN(CC)c1nc[nH]c(=O)c1Br. The molecule has 0 aliphatic heterocycles. The highest BCUT2D eigenvalue weighted by atomic mass is 79.9. The largest absolute Gasteiger partial charge is 0.356 e. The van der Waals surface area contributed by atoms with E-state index in [4.69, 9.17) is 0 Å². The fourth-order valence-electron chi connectivity index (χ4n) is 1.36. The first-order valence-electron chi connectivity index (χ1n) is 5.18. The van der Waals surface area contributed by atoms with Crippen LogP contribution in [0.2, 0.25) is 0 Å². The van der Waals surface area contributed by atoms with E-state index in [1.54, 1.807) is 0 Å². The summed E-state index contributed by atoms with van der Waals surface area (Å²) in [6, 6.07) is 0. The fraction of sp³-hybridized carbons (Fsp3) is 0.600. The molecule has 5 heteroatoms. The molecule has 0 spiro atoms. The molecule has 0 aromatic carbocycles. The molecule has 0 unspecified atom stereocenters. The van der Waals surface area contributed by atoms with Gasteiger partial charge in [0.15, 0.2) is 0 Å². The summed E-state index contributed by atoms with van der Waals surface area (Å²) in [4.78, 5) is 20.2. The Morgan fingerprint density at radius 3 is 2.87 bits per heavy atom. The number of hydrogen-bond acceptors (Lipinski definition) is 3. The van der Waals surface area contributed by atoms with Crippen LogP contribution in [0.4, 0.5) is 5.82 Å². The van der Waals surface area contributed by atoms with Crippen molar-refractivity contribution in [3.8, 4) is 0 Å². The van der Waals surface area contributed by atoms with Gasteiger partial charge in [-0.1, -0.05) is 13.3 Å². The molecule has 0 fully saturated rings. The van der Waals surface area contributed by atoms with Gasteiger partial charge in [0.05, 0.1) is 6.33 Å². The number of aromatic nitrogens is 2. The fourth-order valence-corrected chi connectivity index (χ4v) is 1.82. The van der Waals surface area contributed by atoms with E-state index in [9.17, 15) is 4.79 Å². The first-order chi connectivity index (χ1) is 7.20. The normalized spacial score (nSPS) is 10.3. The second-order valence-corrected chi connectivity index (χ2v) is 4.10. The molecule has 15 heavy (non-hydrogen) atoms. The molecule has 0 saturated carbocycles. The van der Waals surface area contributed by atoms with Crippen LogP contribution in [0.3, 0.4) is 0 Å². The molecular weight excluding hydrogens is 258 g/mol. The number of anilines is 1. The summed E-state index contributed by atoms with van der Waals surface area (Å²) in [6.45, 7) is 6.00. The van der Waals surface area contributed by atoms with Gasteiger partial charge < -0.3 is 9.88 Å². The van der Waals surface area contributed by atoms with Crippen LogP contribution >= 0.6 is 15.9 Å². The monoisotopic (exact) mass is 273 g/mol. The topological polar surface area (TPSA) is 49.0 Å². The van der Waals surface area contributed by atoms with Crippen LogP contribution in [-0.4, -0.2) is 23.1 Å². The van der Waals surface area contributed by atoms with E-state index in [0.29, 0.717) is 4.47 Å². The third kappa shape index (κ3) is 3.06. The molecule has 0 aliphatic rings. The average Bonchev–Trinajstić information content (AvgIpc) is 2.25. The van der Waals surface area contributed by atoms with Crippen molar-refractivity contribution in [1.82, 2.24) is 9.97 Å². The van der Waals surface area contributed by atoms with E-state index >= 15 is 0 Å². The molecule has 1 aromatic heterocycles. The summed E-state index contributed by atoms with van der Waals surface area (Å²) in [6.07, 6.45) is 3.68. The van der Waals surface area contributed by atoms with Crippen molar-refractivity contribution in [3.63, 3.8) is 0 Å².